The second-order valence-electron chi connectivity index (χ2n) is 9.19. The largest absolute Gasteiger partial charge is 0.453 e. The van der Waals surface area contributed by atoms with Gasteiger partial charge in [-0.1, -0.05) is 60.3 Å². The molecule has 0 radical (unpaired) electrons. The van der Waals surface area contributed by atoms with Crippen molar-refractivity contribution in [1.82, 2.24) is 14.9 Å². The molecule has 4 rings (SSSR count). The van der Waals surface area contributed by atoms with Crippen LogP contribution >= 0.6 is 11.8 Å². The van der Waals surface area contributed by atoms with Gasteiger partial charge < -0.3 is 29.2 Å². The van der Waals surface area contributed by atoms with E-state index >= 15 is 0 Å². The van der Waals surface area contributed by atoms with Gasteiger partial charge in [-0.3, -0.25) is 9.59 Å². The van der Waals surface area contributed by atoms with E-state index in [9.17, 15) is 14.7 Å². The lowest BCUT2D eigenvalue weighted by Crippen LogP contribution is -2.35. The summed E-state index contributed by atoms with van der Waals surface area (Å²) in [7, 11) is 1.97. The molecule has 4 atom stereocenters. The lowest BCUT2D eigenvalue weighted by molar-refractivity contribution is -0.245. The first-order valence-corrected chi connectivity index (χ1v) is 13.5. The zero-order chi connectivity index (χ0) is 27.1. The van der Waals surface area contributed by atoms with Crippen LogP contribution in [0.25, 0.3) is 0 Å². The molecule has 0 saturated carbocycles. The van der Waals surface area contributed by atoms with Crippen LogP contribution in [0, 0.1) is 0 Å². The van der Waals surface area contributed by atoms with Gasteiger partial charge in [0.05, 0.1) is 18.8 Å². The summed E-state index contributed by atoms with van der Waals surface area (Å²) in [5, 5.41) is 13.1. The molecule has 1 amide bonds. The number of nitrogens with one attached hydrogen (secondary N) is 1. The highest BCUT2D eigenvalue weighted by molar-refractivity contribution is 7.99. The Morgan fingerprint density at radius 3 is 2.45 bits per heavy atom. The molecule has 1 aliphatic heterocycles. The van der Waals surface area contributed by atoms with Crippen LogP contribution in [0.2, 0.25) is 0 Å². The van der Waals surface area contributed by atoms with Gasteiger partial charge in [0.1, 0.15) is 0 Å². The van der Waals surface area contributed by atoms with E-state index in [0.29, 0.717) is 13.0 Å². The summed E-state index contributed by atoms with van der Waals surface area (Å²) in [6, 6.07) is 15.5. The van der Waals surface area contributed by atoms with Crippen LogP contribution in [-0.4, -0.2) is 44.5 Å². The molecule has 0 spiro atoms. The first-order valence-electron chi connectivity index (χ1n) is 12.5. The van der Waals surface area contributed by atoms with Crippen LogP contribution in [0.4, 0.5) is 0 Å². The number of hydrogen-bond donors (Lipinski definition) is 2. The number of aryl methyl sites for hydroxylation is 1. The molecule has 0 aliphatic carbocycles. The maximum atomic E-state index is 12.1. The van der Waals surface area contributed by atoms with Crippen LogP contribution in [0.15, 0.2) is 66.1 Å². The van der Waals surface area contributed by atoms with Crippen molar-refractivity contribution in [2.45, 2.75) is 63.2 Å². The van der Waals surface area contributed by atoms with Crippen LogP contribution in [-0.2, 0) is 44.0 Å². The van der Waals surface area contributed by atoms with Gasteiger partial charge in [-0.25, -0.2) is 4.98 Å². The van der Waals surface area contributed by atoms with Crippen LogP contribution in [0.1, 0.15) is 54.9 Å². The molecule has 2 heterocycles. The molecular weight excluding hydrogens is 506 g/mol. The van der Waals surface area contributed by atoms with Crippen molar-refractivity contribution in [2.75, 3.05) is 5.75 Å². The number of esters is 1. The van der Waals surface area contributed by atoms with E-state index in [2.05, 4.69) is 10.3 Å². The minimum absolute atomic E-state index is 0.00403. The number of carbonyl (C=O) groups excluding carboxylic acids is 2. The average Bonchev–Trinajstić information content (AvgIpc) is 3.34. The average molecular weight is 540 g/mol. The summed E-state index contributed by atoms with van der Waals surface area (Å²) < 4.78 is 19.7. The molecule has 10 heteroatoms. The monoisotopic (exact) mass is 539 g/mol. The Hall–Kier alpha value is -3.18. The van der Waals surface area contributed by atoms with Gasteiger partial charge in [0.2, 0.25) is 0 Å². The number of carbonyl (C=O) groups is 2. The van der Waals surface area contributed by atoms with Crippen LogP contribution in [0.5, 0.6) is 0 Å². The molecule has 9 nitrogen and oxygen atoms in total. The van der Waals surface area contributed by atoms with E-state index in [-0.39, 0.29) is 24.7 Å². The van der Waals surface area contributed by atoms with Crippen molar-refractivity contribution in [2.24, 2.45) is 7.05 Å². The van der Waals surface area contributed by atoms with Gasteiger partial charge in [-0.15, -0.1) is 0 Å². The van der Waals surface area contributed by atoms with E-state index in [1.165, 1.54) is 13.8 Å². The van der Waals surface area contributed by atoms with Crippen molar-refractivity contribution >= 4 is 23.6 Å². The zero-order valence-electron chi connectivity index (χ0n) is 21.7. The number of imidazole rings is 1. The third-order valence-corrected chi connectivity index (χ3v) is 7.41. The first kappa shape index (κ1) is 27.8. The Morgan fingerprint density at radius 1 is 1.13 bits per heavy atom. The van der Waals surface area contributed by atoms with E-state index in [1.807, 2.05) is 66.3 Å². The molecule has 2 aromatic carbocycles. The van der Waals surface area contributed by atoms with Crippen molar-refractivity contribution in [3.05, 3.63) is 83.2 Å². The van der Waals surface area contributed by atoms with Gasteiger partial charge in [0.15, 0.2) is 17.6 Å². The third-order valence-electron chi connectivity index (χ3n) is 6.22. The second-order valence-corrected chi connectivity index (χ2v) is 10.2. The molecule has 1 aromatic heterocycles. The van der Waals surface area contributed by atoms with Crippen LogP contribution < -0.4 is 5.32 Å². The lowest BCUT2D eigenvalue weighted by Gasteiger charge is -2.36. The SMILES string of the molecule is CC(=O)OC(C)C(=O)NCc1ccc(C2OC(CSc3nccn3C)CC(c3ccc(CO)cc3)O2)cc1. The number of amides is 1. The standard InChI is InChI=1S/C28H33N3O6S/c1-18(35-19(2)33)26(34)30-15-20-4-10-23(11-5-20)27-36-24(17-38-28-29-12-13-31(28)3)14-25(37-27)22-8-6-21(16-32)7-9-22/h4-13,18,24-25,27,32H,14-17H2,1-3H3,(H,30,34). The predicted molar refractivity (Wildman–Crippen MR) is 142 cm³/mol. The first-order chi connectivity index (χ1) is 18.3. The van der Waals surface area contributed by atoms with E-state index in [1.54, 1.807) is 18.0 Å². The zero-order valence-corrected chi connectivity index (χ0v) is 22.5. The van der Waals surface area contributed by atoms with Gasteiger partial charge >= 0.3 is 5.97 Å². The predicted octanol–water partition coefficient (Wildman–Crippen LogP) is 3.82. The minimum atomic E-state index is -0.847. The summed E-state index contributed by atoms with van der Waals surface area (Å²) in [5.41, 5.74) is 3.65. The molecule has 3 aromatic rings. The minimum Gasteiger partial charge on any atom is -0.453 e. The number of rotatable bonds is 10. The molecule has 1 fully saturated rings. The fourth-order valence-corrected chi connectivity index (χ4v) is 5.06. The number of nitrogens with zero attached hydrogens (tertiary/aromatic N) is 2. The fourth-order valence-electron chi connectivity index (χ4n) is 4.11. The summed E-state index contributed by atoms with van der Waals surface area (Å²) in [5.74, 6) is -0.129. The number of hydrogen-bond acceptors (Lipinski definition) is 8. The Labute approximate surface area is 226 Å². The van der Waals surface area contributed by atoms with Gasteiger partial charge in [0.25, 0.3) is 5.91 Å². The molecule has 4 unspecified atom stereocenters. The highest BCUT2D eigenvalue weighted by Gasteiger charge is 2.32. The number of aromatic nitrogens is 2. The van der Waals surface area contributed by atoms with Crippen LogP contribution in [0.3, 0.4) is 0 Å². The highest BCUT2D eigenvalue weighted by atomic mass is 32.2. The lowest BCUT2D eigenvalue weighted by atomic mass is 10.0. The topological polar surface area (TPSA) is 112 Å². The smallest absolute Gasteiger partial charge is 0.303 e. The highest BCUT2D eigenvalue weighted by Crippen LogP contribution is 2.39. The second kappa shape index (κ2) is 13.1. The molecular formula is C28H33N3O6S. The third kappa shape index (κ3) is 7.44. The van der Waals surface area contributed by atoms with Crippen molar-refractivity contribution in [3.8, 4) is 0 Å². The molecule has 1 aliphatic rings. The Morgan fingerprint density at radius 2 is 1.82 bits per heavy atom. The summed E-state index contributed by atoms with van der Waals surface area (Å²) >= 11 is 1.65. The van der Waals surface area contributed by atoms with Crippen molar-refractivity contribution in [1.29, 1.82) is 0 Å². The Kier molecular flexibility index (Phi) is 9.57. The van der Waals surface area contributed by atoms with E-state index in [0.717, 1.165) is 33.2 Å². The van der Waals surface area contributed by atoms with Gasteiger partial charge in [0, 0.05) is 50.6 Å². The number of thioether (sulfide) groups is 1. The molecule has 1 saturated heterocycles. The molecule has 202 valence electrons. The summed E-state index contributed by atoms with van der Waals surface area (Å²) in [6.45, 7) is 3.11. The molecule has 38 heavy (non-hydrogen) atoms. The maximum Gasteiger partial charge on any atom is 0.303 e. The van der Waals surface area contributed by atoms with Crippen molar-refractivity contribution < 1.29 is 28.9 Å². The Bertz CT molecular complexity index is 1210. The Balaban J connectivity index is 1.44. The fraction of sp³-hybridized carbons (Fsp3) is 0.393. The van der Waals surface area contributed by atoms with Crippen molar-refractivity contribution in [3.63, 3.8) is 0 Å². The molecule has 2 N–H and O–H groups in total. The maximum absolute atomic E-state index is 12.1. The number of aliphatic hydroxyl groups is 1. The van der Waals surface area contributed by atoms with Gasteiger partial charge in [-0.2, -0.15) is 0 Å². The number of aliphatic hydroxyl groups excluding tert-OH is 1. The summed E-state index contributed by atoms with van der Waals surface area (Å²) in [6.07, 6.45) is 2.74. The quantitative estimate of drug-likeness (QED) is 0.296. The summed E-state index contributed by atoms with van der Waals surface area (Å²) in [4.78, 5) is 27.6. The van der Waals surface area contributed by atoms with Gasteiger partial charge in [-0.05, 0) is 23.6 Å². The van der Waals surface area contributed by atoms with E-state index < -0.39 is 18.4 Å². The molecule has 0 bridgehead atoms. The number of benzene rings is 2. The number of ether oxygens (including phenoxy) is 3. The normalized spacial score (nSPS) is 20.1. The van der Waals surface area contributed by atoms with E-state index in [4.69, 9.17) is 14.2 Å².